The van der Waals surface area contributed by atoms with Crippen LogP contribution in [-0.2, 0) is 47.9 Å². The van der Waals surface area contributed by atoms with Crippen LogP contribution < -0.4 is 65.5 Å². The van der Waals surface area contributed by atoms with Gasteiger partial charge in [-0.15, -0.1) is 0 Å². The molecule has 0 aliphatic heterocycles. The summed E-state index contributed by atoms with van der Waals surface area (Å²) in [4.78, 5) is 133. The second-order valence-electron chi connectivity index (χ2n) is 16.6. The maximum absolute atomic E-state index is 13.5. The average molecular weight is 960 g/mol. The molecule has 0 saturated heterocycles. The van der Waals surface area contributed by atoms with E-state index in [-0.39, 0.29) is 50.5 Å². The number of primary amides is 1. The van der Waals surface area contributed by atoms with Gasteiger partial charge < -0.3 is 75.7 Å². The van der Waals surface area contributed by atoms with Gasteiger partial charge >= 0.3 is 5.97 Å². The van der Waals surface area contributed by atoms with Crippen LogP contribution >= 0.6 is 11.8 Å². The highest BCUT2D eigenvalue weighted by molar-refractivity contribution is 7.98. The molecule has 0 aromatic rings. The van der Waals surface area contributed by atoms with Gasteiger partial charge in [0.05, 0.1) is 12.1 Å². The van der Waals surface area contributed by atoms with Crippen LogP contribution in [0, 0.1) is 11.8 Å². The van der Waals surface area contributed by atoms with Gasteiger partial charge in [0, 0.05) is 13.0 Å². The van der Waals surface area contributed by atoms with Crippen molar-refractivity contribution in [2.75, 3.05) is 18.6 Å². The summed E-state index contributed by atoms with van der Waals surface area (Å²) in [7, 11) is 0. The quantitative estimate of drug-likeness (QED) is 0.0177. The number of carboxylic acids is 1. The van der Waals surface area contributed by atoms with Crippen molar-refractivity contribution in [3.05, 3.63) is 0 Å². The number of guanidine groups is 1. The Morgan fingerprint density at radius 3 is 1.48 bits per heavy atom. The lowest BCUT2D eigenvalue weighted by Gasteiger charge is -2.28. The van der Waals surface area contributed by atoms with Crippen LogP contribution in [0.3, 0.4) is 0 Å². The first-order valence-electron chi connectivity index (χ1n) is 21.5. The van der Waals surface area contributed by atoms with Crippen molar-refractivity contribution in [3.8, 4) is 0 Å². The number of hydrogen-bond donors (Lipinski definition) is 14. The first-order chi connectivity index (χ1) is 30.6. The van der Waals surface area contributed by atoms with Crippen molar-refractivity contribution in [1.29, 1.82) is 0 Å². The van der Waals surface area contributed by atoms with E-state index in [2.05, 4.69) is 47.5 Å². The van der Waals surface area contributed by atoms with E-state index in [1.54, 1.807) is 34.0 Å². The van der Waals surface area contributed by atoms with Crippen molar-refractivity contribution in [3.63, 3.8) is 0 Å². The van der Waals surface area contributed by atoms with Gasteiger partial charge in [0.15, 0.2) is 5.96 Å². The molecule has 25 nitrogen and oxygen atoms in total. The molecule has 0 aliphatic rings. The molecule has 26 heteroatoms. The number of nitrogens with zero attached hydrogens (tertiary/aromatic N) is 1. The van der Waals surface area contributed by atoms with Gasteiger partial charge in [0.1, 0.15) is 48.3 Å². The first kappa shape index (κ1) is 60.2. The number of carbonyl (C=O) groups excluding carboxylic acids is 9. The van der Waals surface area contributed by atoms with E-state index in [9.17, 15) is 58.2 Å². The number of hydrogen-bond acceptors (Lipinski definition) is 14. The number of aliphatic hydroxyl groups is 1. The van der Waals surface area contributed by atoms with Gasteiger partial charge in [0.2, 0.25) is 53.2 Å². The minimum atomic E-state index is -1.67. The standard InChI is InChI=1S/C40H73N13O12S/c1-18(2)17-27(39(64)65)51-37(62)29(19(3)4)52-36(61)25(12-13-28(42)55)49-32(57)21(6)48-38(63)30(23(8)54)53-33(58)22(7)46-31(56)20(5)47-35(60)26(14-16-66-9)50-34(59)24(41)11-10-15-45-40(43)44/h18-27,29-30,54H,10-17,41H2,1-9H3,(H2,42,55)(H,46,56)(H,47,60)(H,48,63)(H,49,57)(H,50,59)(H,51,62)(H,52,61)(H,53,58)(H,64,65)(H4,43,44,45)/t20-,21-,22-,23+,24-,25-,26-,27-,29-,30-/m0/s1. The van der Waals surface area contributed by atoms with Crippen molar-refractivity contribution in [2.45, 2.75) is 154 Å². The SMILES string of the molecule is CSCC[C@H](NC(=O)[C@@H](N)CCCN=C(N)N)C(=O)N[C@@H](C)C(=O)N[C@@H](C)C(=O)N[C@H](C(=O)N[C@@H](C)C(=O)N[C@@H](CCC(N)=O)C(=O)N[C@H](C(=O)N[C@@H](CC(C)C)C(=O)O)C(C)C)[C@@H](C)O. The van der Waals surface area contributed by atoms with Gasteiger partial charge in [-0.2, -0.15) is 11.8 Å². The normalized spacial score (nSPS) is 15.7. The maximum Gasteiger partial charge on any atom is 0.326 e. The molecule has 18 N–H and O–H groups in total. The third kappa shape index (κ3) is 23.4. The number of carbonyl (C=O) groups is 10. The van der Waals surface area contributed by atoms with E-state index in [0.29, 0.717) is 12.2 Å². The molecule has 66 heavy (non-hydrogen) atoms. The van der Waals surface area contributed by atoms with E-state index in [0.717, 1.165) is 0 Å². The Morgan fingerprint density at radius 1 is 0.561 bits per heavy atom. The second-order valence-corrected chi connectivity index (χ2v) is 17.6. The number of amides is 9. The predicted octanol–water partition coefficient (Wildman–Crippen LogP) is -4.51. The third-order valence-corrected chi connectivity index (χ3v) is 10.4. The summed E-state index contributed by atoms with van der Waals surface area (Å²) in [6.45, 7) is 12.0. The van der Waals surface area contributed by atoms with Crippen LogP contribution in [0.25, 0.3) is 0 Å². The molecule has 0 bridgehead atoms. The molecule has 0 heterocycles. The summed E-state index contributed by atoms with van der Waals surface area (Å²) in [5.41, 5.74) is 21.9. The van der Waals surface area contributed by atoms with Crippen LogP contribution in [-0.4, -0.2) is 154 Å². The smallest absolute Gasteiger partial charge is 0.326 e. The van der Waals surface area contributed by atoms with Gasteiger partial charge in [-0.25, -0.2) is 4.79 Å². The lowest BCUT2D eigenvalue weighted by Crippen LogP contribution is -2.61. The topological polar surface area (TPSA) is 424 Å². The highest BCUT2D eigenvalue weighted by atomic mass is 32.2. The Labute approximate surface area is 389 Å². The molecule has 0 aliphatic carbocycles. The minimum absolute atomic E-state index is 0.0833. The Balaban J connectivity index is 5.71. The van der Waals surface area contributed by atoms with E-state index in [1.807, 2.05) is 0 Å². The van der Waals surface area contributed by atoms with Crippen LogP contribution in [0.5, 0.6) is 0 Å². The molecule has 0 fully saturated rings. The summed E-state index contributed by atoms with van der Waals surface area (Å²) < 4.78 is 0. The molecular formula is C40H73N13O12S. The third-order valence-electron chi connectivity index (χ3n) is 9.75. The second kappa shape index (κ2) is 30.4. The molecule has 0 rings (SSSR count). The first-order valence-corrected chi connectivity index (χ1v) is 22.9. The van der Waals surface area contributed by atoms with E-state index < -0.39 is 126 Å². The molecule has 376 valence electrons. The number of aliphatic carboxylic acids is 1. The fourth-order valence-electron chi connectivity index (χ4n) is 5.86. The molecule has 0 aromatic carbocycles. The molecule has 9 amide bonds. The van der Waals surface area contributed by atoms with Crippen molar-refractivity contribution in [2.24, 2.45) is 39.8 Å². The fourth-order valence-corrected chi connectivity index (χ4v) is 6.34. The van der Waals surface area contributed by atoms with Crippen LogP contribution in [0.2, 0.25) is 0 Å². The lowest BCUT2D eigenvalue weighted by atomic mass is 9.99. The largest absolute Gasteiger partial charge is 0.480 e. The number of thioether (sulfide) groups is 1. The zero-order valence-electron chi connectivity index (χ0n) is 39.2. The van der Waals surface area contributed by atoms with Crippen LogP contribution in [0.1, 0.15) is 93.9 Å². The van der Waals surface area contributed by atoms with Crippen molar-refractivity contribution >= 4 is 76.9 Å². The average Bonchev–Trinajstić information content (AvgIpc) is 3.21. The number of carboxylic acid groups (broad SMARTS) is 1. The summed E-state index contributed by atoms with van der Waals surface area (Å²) in [5, 5.41) is 39.5. The minimum Gasteiger partial charge on any atom is -0.480 e. The zero-order valence-corrected chi connectivity index (χ0v) is 40.0. The Bertz CT molecular complexity index is 1710. The van der Waals surface area contributed by atoms with E-state index in [4.69, 9.17) is 22.9 Å². The number of nitrogens with one attached hydrogen (secondary N) is 8. The Morgan fingerprint density at radius 2 is 1.00 bits per heavy atom. The summed E-state index contributed by atoms with van der Waals surface area (Å²) in [5.74, 6) is -9.10. The number of rotatable bonds is 31. The Hall–Kier alpha value is -5.76. The van der Waals surface area contributed by atoms with Gasteiger partial charge in [-0.05, 0) is 83.6 Å². The summed E-state index contributed by atoms with van der Waals surface area (Å²) in [6, 6.07) is -11.6. The van der Waals surface area contributed by atoms with E-state index >= 15 is 0 Å². The zero-order chi connectivity index (χ0) is 51.0. The molecule has 0 spiro atoms. The number of aliphatic imine (C=N–C) groups is 1. The van der Waals surface area contributed by atoms with Crippen molar-refractivity contribution < 1.29 is 58.2 Å². The highest BCUT2D eigenvalue weighted by Crippen LogP contribution is 2.10. The molecule has 0 aromatic heterocycles. The van der Waals surface area contributed by atoms with Gasteiger partial charge in [0.25, 0.3) is 0 Å². The highest BCUT2D eigenvalue weighted by Gasteiger charge is 2.35. The summed E-state index contributed by atoms with van der Waals surface area (Å²) in [6.07, 6.45) is 0.517. The number of nitrogens with two attached hydrogens (primary N) is 4. The molecule has 0 unspecified atom stereocenters. The Kier molecular flexibility index (Phi) is 27.8. The van der Waals surface area contributed by atoms with Crippen molar-refractivity contribution in [1.82, 2.24) is 42.5 Å². The molecule has 0 saturated carbocycles. The summed E-state index contributed by atoms with van der Waals surface area (Å²) >= 11 is 1.42. The lowest BCUT2D eigenvalue weighted by molar-refractivity contribution is -0.143. The monoisotopic (exact) mass is 960 g/mol. The number of aliphatic hydroxyl groups excluding tert-OH is 1. The van der Waals surface area contributed by atoms with Crippen LogP contribution in [0.15, 0.2) is 4.99 Å². The van der Waals surface area contributed by atoms with Gasteiger partial charge in [-0.3, -0.25) is 48.1 Å². The molecule has 0 radical (unpaired) electrons. The van der Waals surface area contributed by atoms with Gasteiger partial charge in [-0.1, -0.05) is 27.7 Å². The van der Waals surface area contributed by atoms with Crippen LogP contribution in [0.4, 0.5) is 0 Å². The maximum atomic E-state index is 13.5. The predicted molar refractivity (Wildman–Crippen MR) is 245 cm³/mol. The molecule has 10 atom stereocenters. The molecular weight excluding hydrogens is 887 g/mol. The van der Waals surface area contributed by atoms with E-state index in [1.165, 1.54) is 39.5 Å². The fraction of sp³-hybridized carbons (Fsp3) is 0.725.